The number of hydrogen-bond donors (Lipinski definition) is 0. The van der Waals surface area contributed by atoms with Crippen LogP contribution < -0.4 is 4.74 Å². The number of ether oxygens (including phenoxy) is 3. The highest BCUT2D eigenvalue weighted by molar-refractivity contribution is 5.88. The first-order valence-corrected chi connectivity index (χ1v) is 9.04. The van der Waals surface area contributed by atoms with Crippen molar-refractivity contribution in [3.8, 4) is 5.75 Å². The SMILES string of the molecule is COc1ccc2c3c(ccc2c1)C1CCC2(OCCO2)C1(C)CC3. The Labute approximate surface area is 142 Å². The maximum Gasteiger partial charge on any atom is 0.174 e. The first-order chi connectivity index (χ1) is 11.7. The van der Waals surface area contributed by atoms with Gasteiger partial charge in [-0.1, -0.05) is 25.1 Å². The average Bonchev–Trinajstić information content (AvgIpc) is 3.21. The molecule has 2 aromatic carbocycles. The van der Waals surface area contributed by atoms with Gasteiger partial charge in [0, 0.05) is 11.8 Å². The summed E-state index contributed by atoms with van der Waals surface area (Å²) >= 11 is 0. The van der Waals surface area contributed by atoms with E-state index in [-0.39, 0.29) is 11.2 Å². The Bertz CT molecular complexity index is 806. The summed E-state index contributed by atoms with van der Waals surface area (Å²) in [6.07, 6.45) is 4.41. The van der Waals surface area contributed by atoms with Gasteiger partial charge < -0.3 is 14.2 Å². The van der Waals surface area contributed by atoms with Crippen molar-refractivity contribution < 1.29 is 14.2 Å². The van der Waals surface area contributed by atoms with Crippen LogP contribution in [0.5, 0.6) is 5.75 Å². The molecule has 0 radical (unpaired) electrons. The van der Waals surface area contributed by atoms with Gasteiger partial charge in [0.15, 0.2) is 5.79 Å². The van der Waals surface area contributed by atoms with Gasteiger partial charge in [-0.15, -0.1) is 0 Å². The lowest BCUT2D eigenvalue weighted by molar-refractivity contribution is -0.222. The predicted octanol–water partition coefficient (Wildman–Crippen LogP) is 4.42. The van der Waals surface area contributed by atoms with Crippen LogP contribution in [0.15, 0.2) is 30.3 Å². The van der Waals surface area contributed by atoms with Crippen LogP contribution in [0.3, 0.4) is 0 Å². The minimum absolute atomic E-state index is 0.0939. The van der Waals surface area contributed by atoms with Crippen molar-refractivity contribution in [1.82, 2.24) is 0 Å². The average molecular weight is 324 g/mol. The second-order valence-corrected chi connectivity index (χ2v) is 7.68. The summed E-state index contributed by atoms with van der Waals surface area (Å²) in [5, 5.41) is 2.65. The summed E-state index contributed by atoms with van der Waals surface area (Å²) in [4.78, 5) is 0. The first-order valence-electron chi connectivity index (χ1n) is 9.04. The van der Waals surface area contributed by atoms with Crippen molar-refractivity contribution in [1.29, 1.82) is 0 Å². The van der Waals surface area contributed by atoms with Gasteiger partial charge in [0.05, 0.1) is 20.3 Å². The van der Waals surface area contributed by atoms with E-state index < -0.39 is 0 Å². The number of hydrogen-bond acceptors (Lipinski definition) is 3. The molecule has 2 unspecified atom stereocenters. The number of aryl methyl sites for hydroxylation is 1. The van der Waals surface area contributed by atoms with Crippen LogP contribution >= 0.6 is 0 Å². The molecule has 2 atom stereocenters. The van der Waals surface area contributed by atoms with Gasteiger partial charge in [-0.2, -0.15) is 0 Å². The molecule has 2 aromatic rings. The molecule has 0 bridgehead atoms. The lowest BCUT2D eigenvalue weighted by Gasteiger charge is -2.46. The quantitative estimate of drug-likeness (QED) is 0.777. The highest BCUT2D eigenvalue weighted by Crippen LogP contribution is 2.63. The summed E-state index contributed by atoms with van der Waals surface area (Å²) in [5.74, 6) is 1.12. The molecule has 24 heavy (non-hydrogen) atoms. The number of fused-ring (bicyclic) bond motifs is 6. The van der Waals surface area contributed by atoms with Crippen molar-refractivity contribution in [3.05, 3.63) is 41.5 Å². The Morgan fingerprint density at radius 2 is 1.92 bits per heavy atom. The molecule has 3 nitrogen and oxygen atoms in total. The molecule has 2 fully saturated rings. The molecular weight excluding hydrogens is 300 g/mol. The van der Waals surface area contributed by atoms with E-state index in [0.29, 0.717) is 5.92 Å². The molecule has 1 aliphatic heterocycles. The lowest BCUT2D eigenvalue weighted by atomic mass is 9.64. The van der Waals surface area contributed by atoms with E-state index in [1.54, 1.807) is 7.11 Å². The monoisotopic (exact) mass is 324 g/mol. The molecule has 126 valence electrons. The molecule has 0 aromatic heterocycles. The molecular formula is C21H24O3. The van der Waals surface area contributed by atoms with Crippen LogP contribution in [0.1, 0.15) is 43.2 Å². The van der Waals surface area contributed by atoms with Gasteiger partial charge in [0.2, 0.25) is 0 Å². The molecule has 1 saturated heterocycles. The summed E-state index contributed by atoms with van der Waals surface area (Å²) in [7, 11) is 1.73. The van der Waals surface area contributed by atoms with Gasteiger partial charge in [0.25, 0.3) is 0 Å². The Kier molecular flexibility index (Phi) is 3.05. The van der Waals surface area contributed by atoms with Gasteiger partial charge >= 0.3 is 0 Å². The number of benzene rings is 2. The van der Waals surface area contributed by atoms with E-state index in [2.05, 4.69) is 37.3 Å². The van der Waals surface area contributed by atoms with Gasteiger partial charge in [-0.25, -0.2) is 0 Å². The molecule has 5 rings (SSSR count). The Balaban J connectivity index is 1.64. The second kappa shape index (κ2) is 4.96. The van der Waals surface area contributed by atoms with Crippen LogP contribution in [0.25, 0.3) is 10.8 Å². The Morgan fingerprint density at radius 3 is 2.71 bits per heavy atom. The second-order valence-electron chi connectivity index (χ2n) is 7.68. The van der Waals surface area contributed by atoms with E-state index in [1.165, 1.54) is 21.9 Å². The number of methoxy groups -OCH3 is 1. The lowest BCUT2D eigenvalue weighted by Crippen LogP contribution is -2.47. The molecule has 0 amide bonds. The van der Waals surface area contributed by atoms with Crippen molar-refractivity contribution in [2.75, 3.05) is 20.3 Å². The molecule has 1 spiro atoms. The van der Waals surface area contributed by atoms with Crippen molar-refractivity contribution in [2.24, 2.45) is 5.41 Å². The molecule has 0 N–H and O–H groups in total. The van der Waals surface area contributed by atoms with Crippen molar-refractivity contribution in [3.63, 3.8) is 0 Å². The van der Waals surface area contributed by atoms with E-state index >= 15 is 0 Å². The molecule has 1 heterocycles. The Morgan fingerprint density at radius 1 is 1.08 bits per heavy atom. The van der Waals surface area contributed by atoms with Crippen molar-refractivity contribution >= 4 is 10.8 Å². The molecule has 3 heteroatoms. The summed E-state index contributed by atoms with van der Waals surface area (Å²) in [5.41, 5.74) is 3.13. The largest absolute Gasteiger partial charge is 0.497 e. The smallest absolute Gasteiger partial charge is 0.174 e. The molecule has 2 aliphatic carbocycles. The van der Waals surface area contributed by atoms with E-state index in [9.17, 15) is 0 Å². The van der Waals surface area contributed by atoms with Gasteiger partial charge in [0.1, 0.15) is 5.75 Å². The number of rotatable bonds is 1. The third kappa shape index (κ3) is 1.75. The van der Waals surface area contributed by atoms with Crippen LogP contribution in [-0.4, -0.2) is 26.1 Å². The predicted molar refractivity (Wildman–Crippen MR) is 93.5 cm³/mol. The minimum Gasteiger partial charge on any atom is -0.497 e. The van der Waals surface area contributed by atoms with E-state index in [4.69, 9.17) is 14.2 Å². The van der Waals surface area contributed by atoms with Crippen LogP contribution in [-0.2, 0) is 15.9 Å². The van der Waals surface area contributed by atoms with Crippen LogP contribution in [0.2, 0.25) is 0 Å². The summed E-state index contributed by atoms with van der Waals surface area (Å²) in [6.45, 7) is 3.87. The minimum atomic E-state index is -0.343. The topological polar surface area (TPSA) is 27.7 Å². The summed E-state index contributed by atoms with van der Waals surface area (Å²) < 4.78 is 17.7. The fraction of sp³-hybridized carbons (Fsp3) is 0.524. The van der Waals surface area contributed by atoms with Crippen LogP contribution in [0, 0.1) is 5.41 Å². The zero-order chi connectivity index (χ0) is 16.4. The maximum atomic E-state index is 6.17. The normalized spacial score (nSPS) is 30.5. The third-order valence-electron chi connectivity index (χ3n) is 6.80. The zero-order valence-corrected chi connectivity index (χ0v) is 14.4. The fourth-order valence-corrected chi connectivity index (χ4v) is 5.50. The zero-order valence-electron chi connectivity index (χ0n) is 14.4. The fourth-order valence-electron chi connectivity index (χ4n) is 5.50. The van der Waals surface area contributed by atoms with Crippen molar-refractivity contribution in [2.45, 2.75) is 44.3 Å². The highest BCUT2D eigenvalue weighted by Gasteiger charge is 2.62. The van der Waals surface area contributed by atoms with Crippen LogP contribution in [0.4, 0.5) is 0 Å². The maximum absolute atomic E-state index is 6.17. The Hall–Kier alpha value is -1.58. The summed E-state index contributed by atoms with van der Waals surface area (Å²) in [6, 6.07) is 11.0. The van der Waals surface area contributed by atoms with Gasteiger partial charge in [-0.3, -0.25) is 0 Å². The van der Waals surface area contributed by atoms with E-state index in [0.717, 1.165) is 44.6 Å². The third-order valence-corrected chi connectivity index (χ3v) is 6.80. The highest BCUT2D eigenvalue weighted by atomic mass is 16.7. The van der Waals surface area contributed by atoms with E-state index in [1.807, 2.05) is 0 Å². The molecule has 1 saturated carbocycles. The van der Waals surface area contributed by atoms with Gasteiger partial charge in [-0.05, 0) is 59.2 Å². The first kappa shape index (κ1) is 14.7. The standard InChI is InChI=1S/C21H24O3/c1-20-9-7-17-16-6-4-15(22-2)13-14(16)3-5-18(17)19(20)8-10-21(20)23-11-12-24-21/h3-6,13,19H,7-12H2,1-2H3. The molecule has 3 aliphatic rings.